The highest BCUT2D eigenvalue weighted by Gasteiger charge is 2.12. The van der Waals surface area contributed by atoms with Gasteiger partial charge in [-0.05, 0) is 24.1 Å². The van der Waals surface area contributed by atoms with Crippen molar-refractivity contribution in [1.82, 2.24) is 4.57 Å². The largest absolute Gasteiger partial charge is 0.396 e. The van der Waals surface area contributed by atoms with Crippen molar-refractivity contribution in [2.75, 3.05) is 13.2 Å². The fraction of sp³-hybridized carbons (Fsp3) is 0.474. The molecule has 1 N–H and O–H groups in total. The molecule has 2 rings (SSSR count). The second-order valence-corrected chi connectivity index (χ2v) is 12.9. The van der Waals surface area contributed by atoms with Crippen LogP contribution in [-0.4, -0.2) is 31.0 Å². The molecule has 5 heteroatoms. The predicted molar refractivity (Wildman–Crippen MR) is 107 cm³/mol. The lowest BCUT2D eigenvalue weighted by Crippen LogP contribution is -2.16. The highest BCUT2D eigenvalue weighted by Crippen LogP contribution is 2.25. The molecule has 0 spiro atoms. The predicted octanol–water partition coefficient (Wildman–Crippen LogP) is 4.43. The summed E-state index contributed by atoms with van der Waals surface area (Å²) < 4.78 is 9.08. The highest BCUT2D eigenvalue weighted by atomic mass is 79.9. The molecule has 0 fully saturated rings. The molecule has 0 aliphatic heterocycles. The fourth-order valence-electron chi connectivity index (χ4n) is 2.50. The van der Waals surface area contributed by atoms with E-state index in [1.165, 1.54) is 5.39 Å². The van der Waals surface area contributed by atoms with Crippen LogP contribution in [0.5, 0.6) is 0 Å². The van der Waals surface area contributed by atoms with Crippen LogP contribution in [0.4, 0.5) is 0 Å². The van der Waals surface area contributed by atoms with Crippen LogP contribution in [0.15, 0.2) is 28.7 Å². The van der Waals surface area contributed by atoms with Gasteiger partial charge >= 0.3 is 0 Å². The summed E-state index contributed by atoms with van der Waals surface area (Å²) in [6.07, 6.45) is 0. The first-order valence-electron chi connectivity index (χ1n) is 8.26. The maximum absolute atomic E-state index is 9.41. The molecule has 1 aromatic heterocycles. The third-order valence-corrected chi connectivity index (χ3v) is 5.07. The van der Waals surface area contributed by atoms with Crippen molar-refractivity contribution in [3.05, 3.63) is 34.4 Å². The second kappa shape index (κ2) is 8.35. The van der Waals surface area contributed by atoms with Gasteiger partial charge in [0.05, 0.1) is 6.61 Å². The number of ether oxygens (including phenoxy) is 1. The van der Waals surface area contributed by atoms with Gasteiger partial charge in [0.15, 0.2) is 0 Å². The van der Waals surface area contributed by atoms with E-state index >= 15 is 0 Å². The van der Waals surface area contributed by atoms with Crippen LogP contribution in [-0.2, 0) is 17.9 Å². The van der Waals surface area contributed by atoms with E-state index in [2.05, 4.69) is 69.8 Å². The van der Waals surface area contributed by atoms with Crippen molar-refractivity contribution in [2.24, 2.45) is 5.92 Å². The van der Waals surface area contributed by atoms with Gasteiger partial charge in [0.1, 0.15) is 14.7 Å². The number of aliphatic hydroxyl groups is 1. The molecule has 1 aromatic carbocycles. The zero-order valence-electron chi connectivity index (χ0n) is 14.9. The molecule has 0 aliphatic carbocycles. The normalized spacial score (nSPS) is 12.9. The average Bonchev–Trinajstić information content (AvgIpc) is 2.83. The van der Waals surface area contributed by atoms with Gasteiger partial charge in [-0.25, -0.2) is 0 Å². The Morgan fingerprint density at radius 2 is 2.04 bits per heavy atom. The lowest BCUT2D eigenvalue weighted by atomic mass is 10.2. The van der Waals surface area contributed by atoms with Crippen LogP contribution in [0.25, 0.3) is 10.9 Å². The van der Waals surface area contributed by atoms with Crippen LogP contribution in [0, 0.1) is 17.4 Å². The highest BCUT2D eigenvalue weighted by molar-refractivity contribution is 9.10. The number of benzene rings is 1. The first kappa shape index (κ1) is 19.3. The molecule has 0 bridgehead atoms. The number of aromatic nitrogens is 1. The van der Waals surface area contributed by atoms with Gasteiger partial charge in [0.2, 0.25) is 0 Å². The Bertz CT molecular complexity index is 752. The molecule has 1 atom stereocenters. The molecule has 24 heavy (non-hydrogen) atoms. The second-order valence-electron chi connectivity index (χ2n) is 7.28. The van der Waals surface area contributed by atoms with Crippen molar-refractivity contribution in [1.29, 1.82) is 0 Å². The number of halogens is 1. The van der Waals surface area contributed by atoms with E-state index in [0.29, 0.717) is 13.2 Å². The number of hydrogen-bond donors (Lipinski definition) is 1. The van der Waals surface area contributed by atoms with Gasteiger partial charge in [-0.1, -0.05) is 54.5 Å². The maximum Gasteiger partial charge on any atom is 0.129 e. The summed E-state index contributed by atoms with van der Waals surface area (Å²) in [5.41, 5.74) is 5.60. The third-order valence-electron chi connectivity index (χ3n) is 3.65. The number of aliphatic hydroxyl groups excluding tert-OH is 1. The topological polar surface area (TPSA) is 34.4 Å². The summed E-state index contributed by atoms with van der Waals surface area (Å²) in [4.78, 5) is 0. The van der Waals surface area contributed by atoms with E-state index in [1.807, 2.05) is 13.0 Å². The summed E-state index contributed by atoms with van der Waals surface area (Å²) in [6.45, 7) is 10.7. The molecule has 1 unspecified atom stereocenters. The minimum atomic E-state index is -1.34. The molecular weight excluding hydrogens is 382 g/mol. The third kappa shape index (κ3) is 5.49. The summed E-state index contributed by atoms with van der Waals surface area (Å²) in [5, 5.41) is 10.6. The van der Waals surface area contributed by atoms with Gasteiger partial charge in [-0.2, -0.15) is 0 Å². The quantitative estimate of drug-likeness (QED) is 0.436. The van der Waals surface area contributed by atoms with Gasteiger partial charge in [0, 0.05) is 34.2 Å². The van der Waals surface area contributed by atoms with Gasteiger partial charge in [-0.3, -0.25) is 0 Å². The smallest absolute Gasteiger partial charge is 0.129 e. The average molecular weight is 408 g/mol. The van der Waals surface area contributed by atoms with Crippen LogP contribution in [0.1, 0.15) is 12.6 Å². The van der Waals surface area contributed by atoms with Crippen molar-refractivity contribution >= 4 is 34.9 Å². The molecule has 0 amide bonds. The zero-order valence-corrected chi connectivity index (χ0v) is 17.5. The molecule has 3 nitrogen and oxygen atoms in total. The Morgan fingerprint density at radius 1 is 1.29 bits per heavy atom. The van der Waals surface area contributed by atoms with E-state index in [4.69, 9.17) is 4.74 Å². The fourth-order valence-corrected chi connectivity index (χ4v) is 3.45. The van der Waals surface area contributed by atoms with Crippen LogP contribution in [0.3, 0.4) is 0 Å². The minimum absolute atomic E-state index is 0.176. The van der Waals surface area contributed by atoms with E-state index < -0.39 is 8.07 Å². The Morgan fingerprint density at radius 3 is 2.71 bits per heavy atom. The molecule has 0 radical (unpaired) electrons. The van der Waals surface area contributed by atoms with Crippen molar-refractivity contribution in [2.45, 2.75) is 39.7 Å². The van der Waals surface area contributed by atoms with E-state index in [-0.39, 0.29) is 12.5 Å². The van der Waals surface area contributed by atoms with Crippen molar-refractivity contribution in [3.63, 3.8) is 0 Å². The summed E-state index contributed by atoms with van der Waals surface area (Å²) in [7, 11) is -1.34. The number of fused-ring (bicyclic) bond motifs is 1. The Kier molecular flexibility index (Phi) is 6.70. The molecular formula is C19H26BrNO2Si. The first-order chi connectivity index (χ1) is 11.3. The standard InChI is InChI=1S/C19H26BrNO2Si/c1-15(13-22)12-21-18(14-23-8-5-9-24(2,3)4)10-16-6-7-17(20)11-19(16)21/h6-7,10-11,15,22H,8,12-14H2,1-4H3. The van der Waals surface area contributed by atoms with Crippen molar-refractivity contribution < 1.29 is 9.84 Å². The summed E-state index contributed by atoms with van der Waals surface area (Å²) in [6, 6.07) is 8.44. The van der Waals surface area contributed by atoms with E-state index in [1.54, 1.807) is 0 Å². The van der Waals surface area contributed by atoms with Crippen LogP contribution in [0.2, 0.25) is 19.6 Å². The first-order valence-corrected chi connectivity index (χ1v) is 12.6. The zero-order chi connectivity index (χ0) is 17.7. The summed E-state index contributed by atoms with van der Waals surface area (Å²) in [5.74, 6) is 3.34. The number of hydrogen-bond acceptors (Lipinski definition) is 2. The lowest BCUT2D eigenvalue weighted by molar-refractivity contribution is 0.145. The number of rotatable bonds is 6. The molecule has 0 saturated heterocycles. The molecule has 1 heterocycles. The molecule has 0 saturated carbocycles. The van der Waals surface area contributed by atoms with Crippen molar-refractivity contribution in [3.8, 4) is 11.5 Å². The van der Waals surface area contributed by atoms with Crippen LogP contribution >= 0.6 is 15.9 Å². The molecule has 0 aliphatic rings. The minimum Gasteiger partial charge on any atom is -0.396 e. The Labute approximate surface area is 154 Å². The Balaban J connectivity index is 2.18. The van der Waals surface area contributed by atoms with E-state index in [0.717, 1.165) is 22.2 Å². The van der Waals surface area contributed by atoms with Gasteiger partial charge in [0.25, 0.3) is 0 Å². The lowest BCUT2D eigenvalue weighted by Gasteiger charge is -2.14. The molecule has 130 valence electrons. The monoisotopic (exact) mass is 407 g/mol. The van der Waals surface area contributed by atoms with Crippen LogP contribution < -0.4 is 0 Å². The SMILES string of the molecule is CC(CO)Cn1c(COCC#C[Si](C)(C)C)cc2ccc(Br)cc21. The number of nitrogens with zero attached hydrogens (tertiary/aromatic N) is 1. The summed E-state index contributed by atoms with van der Waals surface area (Å²) >= 11 is 3.54. The van der Waals surface area contributed by atoms with Gasteiger partial charge < -0.3 is 14.4 Å². The maximum atomic E-state index is 9.41. The molecule has 2 aromatic rings. The van der Waals surface area contributed by atoms with E-state index in [9.17, 15) is 5.11 Å². The Hall–Kier alpha value is -1.06. The van der Waals surface area contributed by atoms with Gasteiger partial charge in [-0.15, -0.1) is 5.54 Å².